The zero-order valence-corrected chi connectivity index (χ0v) is 22.6. The van der Waals surface area contributed by atoms with Crippen molar-refractivity contribution in [1.29, 1.82) is 0 Å². The van der Waals surface area contributed by atoms with Crippen molar-refractivity contribution in [1.82, 2.24) is 0 Å². The van der Waals surface area contributed by atoms with E-state index in [1.165, 1.54) is 0 Å². The SMILES string of the molecule is C=C(C)C(=O)OCCCC[Si](O[Si](C)(C)C)(O[Si](C)(C)C)O[Si](C)(C)C. The van der Waals surface area contributed by atoms with Crippen LogP contribution in [0.4, 0.5) is 0 Å². The standard InChI is InChI=1S/C17H40O5Si4/c1-16(2)17(18)19-14-12-13-15-26(20-23(3,4)5,21-24(6,7)8)22-25(9,10)11/h1,12-15H2,2-11H3. The van der Waals surface area contributed by atoms with Gasteiger partial charge >= 0.3 is 14.8 Å². The molecule has 0 amide bonds. The fraction of sp³-hybridized carbons (Fsp3) is 0.824. The van der Waals surface area contributed by atoms with Crippen molar-refractivity contribution in [2.45, 2.75) is 84.7 Å². The Morgan fingerprint density at radius 3 is 1.46 bits per heavy atom. The zero-order valence-electron chi connectivity index (χ0n) is 18.6. The molecule has 0 aliphatic heterocycles. The van der Waals surface area contributed by atoms with Gasteiger partial charge in [-0.1, -0.05) is 6.58 Å². The molecular formula is C17H40O5Si4. The second kappa shape index (κ2) is 9.94. The molecule has 0 saturated heterocycles. The van der Waals surface area contributed by atoms with Crippen molar-refractivity contribution in [3.63, 3.8) is 0 Å². The van der Waals surface area contributed by atoms with Crippen molar-refractivity contribution in [3.05, 3.63) is 12.2 Å². The van der Waals surface area contributed by atoms with Crippen molar-refractivity contribution in [3.8, 4) is 0 Å². The Bertz CT molecular complexity index is 434. The lowest BCUT2D eigenvalue weighted by Crippen LogP contribution is -2.60. The molecule has 0 aliphatic rings. The molecule has 0 atom stereocenters. The summed E-state index contributed by atoms with van der Waals surface area (Å²) in [4.78, 5) is 11.5. The molecule has 0 aromatic rings. The quantitative estimate of drug-likeness (QED) is 0.178. The van der Waals surface area contributed by atoms with Crippen molar-refractivity contribution >= 4 is 39.7 Å². The first-order valence-electron chi connectivity index (χ1n) is 9.38. The third-order valence-electron chi connectivity index (χ3n) is 2.84. The molecule has 0 spiro atoms. The topological polar surface area (TPSA) is 54.0 Å². The zero-order chi connectivity index (χ0) is 20.8. The van der Waals surface area contributed by atoms with E-state index in [0.29, 0.717) is 12.2 Å². The monoisotopic (exact) mass is 436 g/mol. The number of ether oxygens (including phenoxy) is 1. The summed E-state index contributed by atoms with van der Waals surface area (Å²) >= 11 is 0. The molecule has 0 rings (SSSR count). The predicted molar refractivity (Wildman–Crippen MR) is 119 cm³/mol. The van der Waals surface area contributed by atoms with E-state index in [1.54, 1.807) is 6.92 Å². The molecule has 0 unspecified atom stereocenters. The Morgan fingerprint density at radius 2 is 1.15 bits per heavy atom. The van der Waals surface area contributed by atoms with E-state index in [-0.39, 0.29) is 5.97 Å². The fourth-order valence-corrected chi connectivity index (χ4v) is 17.1. The van der Waals surface area contributed by atoms with E-state index >= 15 is 0 Å². The van der Waals surface area contributed by atoms with E-state index in [2.05, 4.69) is 65.5 Å². The molecule has 5 nitrogen and oxygen atoms in total. The van der Waals surface area contributed by atoms with Crippen LogP contribution in [0.15, 0.2) is 12.2 Å². The van der Waals surface area contributed by atoms with Gasteiger partial charge in [-0.25, -0.2) is 4.79 Å². The highest BCUT2D eigenvalue weighted by molar-refractivity contribution is 6.90. The lowest BCUT2D eigenvalue weighted by Gasteiger charge is -2.43. The van der Waals surface area contributed by atoms with E-state index in [0.717, 1.165) is 18.9 Å². The molecule has 26 heavy (non-hydrogen) atoms. The fourth-order valence-electron chi connectivity index (χ4n) is 2.35. The van der Waals surface area contributed by atoms with Gasteiger partial charge in [-0.15, -0.1) is 0 Å². The first kappa shape index (κ1) is 26.0. The summed E-state index contributed by atoms with van der Waals surface area (Å²) in [7, 11) is -8.28. The molecule has 0 heterocycles. The highest BCUT2D eigenvalue weighted by Crippen LogP contribution is 2.30. The molecule has 154 valence electrons. The summed E-state index contributed by atoms with van der Waals surface area (Å²) in [6, 6.07) is 0.774. The van der Waals surface area contributed by atoms with Crippen LogP contribution in [0.3, 0.4) is 0 Å². The van der Waals surface area contributed by atoms with Crippen LogP contribution in [0, 0.1) is 0 Å². The van der Waals surface area contributed by atoms with Gasteiger partial charge in [-0.05, 0) is 78.7 Å². The maximum absolute atomic E-state index is 11.5. The Kier molecular flexibility index (Phi) is 9.93. The number of hydrogen-bond acceptors (Lipinski definition) is 5. The van der Waals surface area contributed by atoms with Gasteiger partial charge in [0.1, 0.15) is 0 Å². The lowest BCUT2D eigenvalue weighted by atomic mass is 10.3. The van der Waals surface area contributed by atoms with E-state index in [1.807, 2.05) is 0 Å². The van der Waals surface area contributed by atoms with E-state index in [9.17, 15) is 4.79 Å². The lowest BCUT2D eigenvalue weighted by molar-refractivity contribution is -0.139. The van der Waals surface area contributed by atoms with Crippen LogP contribution in [0.2, 0.25) is 65.0 Å². The molecule has 0 bridgehead atoms. The highest BCUT2D eigenvalue weighted by atomic mass is 28.5. The average molecular weight is 437 g/mol. The second-order valence-electron chi connectivity index (χ2n) is 9.70. The van der Waals surface area contributed by atoms with Crippen LogP contribution in [-0.4, -0.2) is 46.3 Å². The van der Waals surface area contributed by atoms with E-state index in [4.69, 9.17) is 17.1 Å². The Labute approximate surface area is 165 Å². The second-order valence-corrected chi connectivity index (χ2v) is 26.7. The smallest absolute Gasteiger partial charge is 0.462 e. The van der Waals surface area contributed by atoms with Crippen LogP contribution in [0.5, 0.6) is 0 Å². The Balaban J connectivity index is 5.14. The number of unbranched alkanes of at least 4 members (excludes halogenated alkanes) is 1. The van der Waals surface area contributed by atoms with Crippen molar-refractivity contribution in [2.75, 3.05) is 6.61 Å². The minimum atomic E-state index is -2.77. The summed E-state index contributed by atoms with van der Waals surface area (Å²) in [6.45, 7) is 25.3. The van der Waals surface area contributed by atoms with Crippen LogP contribution in [0.25, 0.3) is 0 Å². The Hall–Kier alpha value is -0.0425. The largest absolute Gasteiger partial charge is 0.469 e. The number of carbonyl (C=O) groups is 1. The van der Waals surface area contributed by atoms with Gasteiger partial charge in [-0.2, -0.15) is 0 Å². The normalized spacial score (nSPS) is 13.6. The first-order chi connectivity index (χ1) is 11.4. The van der Waals surface area contributed by atoms with Crippen molar-refractivity contribution in [2.24, 2.45) is 0 Å². The maximum Gasteiger partial charge on any atom is 0.469 e. The summed E-state index contributed by atoms with van der Waals surface area (Å²) in [5.41, 5.74) is 0.430. The molecule has 0 aromatic heterocycles. The number of hydrogen-bond donors (Lipinski definition) is 0. The molecular weight excluding hydrogens is 397 g/mol. The molecule has 0 saturated carbocycles. The van der Waals surface area contributed by atoms with Gasteiger partial charge in [0.15, 0.2) is 25.0 Å². The number of rotatable bonds is 12. The molecule has 0 fully saturated rings. The van der Waals surface area contributed by atoms with Crippen LogP contribution in [0.1, 0.15) is 19.8 Å². The minimum absolute atomic E-state index is 0.330. The van der Waals surface area contributed by atoms with E-state index < -0.39 is 33.8 Å². The van der Waals surface area contributed by atoms with Crippen LogP contribution < -0.4 is 0 Å². The summed E-state index contributed by atoms with van der Waals surface area (Å²) in [5.74, 6) is -0.330. The maximum atomic E-state index is 11.5. The molecule has 0 aromatic carbocycles. The first-order valence-corrected chi connectivity index (χ1v) is 21.5. The molecule has 0 radical (unpaired) electrons. The van der Waals surface area contributed by atoms with Gasteiger partial charge in [0.05, 0.1) is 6.61 Å². The number of esters is 1. The minimum Gasteiger partial charge on any atom is -0.462 e. The van der Waals surface area contributed by atoms with Gasteiger partial charge < -0.3 is 17.1 Å². The molecule has 0 N–H and O–H groups in total. The third-order valence-corrected chi connectivity index (χ3v) is 14.9. The van der Waals surface area contributed by atoms with Crippen LogP contribution in [-0.2, 0) is 21.9 Å². The highest BCUT2D eigenvalue weighted by Gasteiger charge is 2.49. The molecule has 0 aliphatic carbocycles. The van der Waals surface area contributed by atoms with Crippen LogP contribution >= 0.6 is 0 Å². The summed E-state index contributed by atoms with van der Waals surface area (Å²) in [5, 5.41) is 0. The summed E-state index contributed by atoms with van der Waals surface area (Å²) < 4.78 is 25.1. The van der Waals surface area contributed by atoms with Crippen molar-refractivity contribution < 1.29 is 21.9 Å². The Morgan fingerprint density at radius 1 is 0.769 bits per heavy atom. The van der Waals surface area contributed by atoms with Gasteiger partial charge in [0, 0.05) is 11.6 Å². The van der Waals surface area contributed by atoms with Gasteiger partial charge in [-0.3, -0.25) is 0 Å². The van der Waals surface area contributed by atoms with Gasteiger partial charge in [0.25, 0.3) is 0 Å². The number of carbonyl (C=O) groups excluding carboxylic acids is 1. The molecule has 9 heteroatoms. The third kappa shape index (κ3) is 13.2. The predicted octanol–water partition coefficient (Wildman–Crippen LogP) is 5.38. The average Bonchev–Trinajstić information content (AvgIpc) is 2.30. The van der Waals surface area contributed by atoms with Gasteiger partial charge in [0.2, 0.25) is 0 Å². The summed E-state index contributed by atoms with van der Waals surface area (Å²) in [6.07, 6.45) is 1.63.